The van der Waals surface area contributed by atoms with Crippen LogP contribution in [0.5, 0.6) is 0 Å². The van der Waals surface area contributed by atoms with Crippen molar-refractivity contribution in [2.45, 2.75) is 26.3 Å². The Kier molecular flexibility index (Phi) is 5.22. The monoisotopic (exact) mass is 257 g/mol. The fraction of sp³-hybridized carbons (Fsp3) is 0.462. The number of halogens is 2. The Morgan fingerprint density at radius 3 is 2.33 bits per heavy atom. The van der Waals surface area contributed by atoms with Gasteiger partial charge in [-0.25, -0.2) is 8.78 Å². The summed E-state index contributed by atoms with van der Waals surface area (Å²) in [5, 5.41) is 8.65. The van der Waals surface area contributed by atoms with Crippen molar-refractivity contribution in [2.75, 3.05) is 13.1 Å². The van der Waals surface area contributed by atoms with Crippen LogP contribution < -0.4 is 0 Å². The van der Waals surface area contributed by atoms with Gasteiger partial charge in [-0.15, -0.1) is 0 Å². The van der Waals surface area contributed by atoms with Crippen LogP contribution in [0.1, 0.15) is 31.9 Å². The van der Waals surface area contributed by atoms with Crippen LogP contribution in [0.4, 0.5) is 8.78 Å². The van der Waals surface area contributed by atoms with Crippen molar-refractivity contribution in [3.63, 3.8) is 0 Å². The molecule has 0 aliphatic rings. The minimum Gasteiger partial charge on any atom is -0.481 e. The molecule has 5 heteroatoms. The third-order valence-electron chi connectivity index (χ3n) is 2.93. The van der Waals surface area contributed by atoms with E-state index in [-0.39, 0.29) is 12.5 Å². The third-order valence-corrected chi connectivity index (χ3v) is 2.93. The molecule has 0 spiro atoms. The molecule has 1 N–H and O–H groups in total. The van der Waals surface area contributed by atoms with Crippen molar-refractivity contribution in [1.82, 2.24) is 4.90 Å². The first-order chi connectivity index (χ1) is 8.43. The largest absolute Gasteiger partial charge is 0.481 e. The zero-order valence-corrected chi connectivity index (χ0v) is 10.5. The second-order valence-electron chi connectivity index (χ2n) is 4.15. The molecule has 1 unspecified atom stereocenters. The van der Waals surface area contributed by atoms with Crippen molar-refractivity contribution < 1.29 is 18.7 Å². The quantitative estimate of drug-likeness (QED) is 0.852. The summed E-state index contributed by atoms with van der Waals surface area (Å²) in [6.45, 7) is 4.66. The highest BCUT2D eigenvalue weighted by Gasteiger charge is 2.16. The van der Waals surface area contributed by atoms with E-state index in [1.54, 1.807) is 6.92 Å². The zero-order valence-electron chi connectivity index (χ0n) is 10.5. The molecule has 1 rings (SSSR count). The van der Waals surface area contributed by atoms with E-state index in [0.717, 1.165) is 6.07 Å². The number of carbonyl (C=O) groups is 1. The van der Waals surface area contributed by atoms with Crippen LogP contribution in [0.15, 0.2) is 18.2 Å². The summed E-state index contributed by atoms with van der Waals surface area (Å²) in [5.41, 5.74) is 0.514. The molecule has 0 aliphatic carbocycles. The Hall–Kier alpha value is -1.49. The van der Waals surface area contributed by atoms with E-state index in [4.69, 9.17) is 5.11 Å². The molecule has 3 nitrogen and oxygen atoms in total. The average Bonchev–Trinajstić information content (AvgIpc) is 2.27. The Labute approximate surface area is 105 Å². The molecule has 1 aromatic rings. The van der Waals surface area contributed by atoms with Crippen LogP contribution >= 0.6 is 0 Å². The van der Waals surface area contributed by atoms with Crippen molar-refractivity contribution in [3.05, 3.63) is 35.4 Å². The maximum Gasteiger partial charge on any atom is 0.304 e. The van der Waals surface area contributed by atoms with E-state index in [2.05, 4.69) is 0 Å². The van der Waals surface area contributed by atoms with Crippen molar-refractivity contribution in [2.24, 2.45) is 0 Å². The molecular weight excluding hydrogens is 240 g/mol. The molecule has 0 amide bonds. The van der Waals surface area contributed by atoms with Gasteiger partial charge in [-0.2, -0.15) is 0 Å². The van der Waals surface area contributed by atoms with E-state index in [1.165, 1.54) is 12.1 Å². The second kappa shape index (κ2) is 6.44. The Morgan fingerprint density at radius 2 is 1.89 bits per heavy atom. The summed E-state index contributed by atoms with van der Waals surface area (Å²) in [6, 6.07) is 3.15. The normalized spacial score (nSPS) is 12.7. The predicted molar refractivity (Wildman–Crippen MR) is 64.3 cm³/mol. The molecule has 0 saturated heterocycles. The summed E-state index contributed by atoms with van der Waals surface area (Å²) < 4.78 is 26.2. The summed E-state index contributed by atoms with van der Waals surface area (Å²) in [4.78, 5) is 12.4. The molecular formula is C13H17F2NO2. The van der Waals surface area contributed by atoms with Gasteiger partial charge in [-0.3, -0.25) is 9.69 Å². The molecule has 0 aliphatic heterocycles. The maximum atomic E-state index is 13.1. The second-order valence-corrected chi connectivity index (χ2v) is 4.15. The lowest BCUT2D eigenvalue weighted by atomic mass is 10.1. The van der Waals surface area contributed by atoms with Gasteiger partial charge in [0.1, 0.15) is 11.6 Å². The van der Waals surface area contributed by atoms with E-state index >= 15 is 0 Å². The number of carboxylic acid groups (broad SMARTS) is 1. The van der Waals surface area contributed by atoms with Gasteiger partial charge in [0.2, 0.25) is 0 Å². The zero-order chi connectivity index (χ0) is 13.7. The van der Waals surface area contributed by atoms with Crippen LogP contribution in [0, 0.1) is 11.6 Å². The lowest BCUT2D eigenvalue weighted by Gasteiger charge is -2.27. The van der Waals surface area contributed by atoms with Crippen LogP contribution in [-0.2, 0) is 4.79 Å². The van der Waals surface area contributed by atoms with Gasteiger partial charge >= 0.3 is 5.97 Å². The highest BCUT2D eigenvalue weighted by atomic mass is 19.1. The van der Waals surface area contributed by atoms with E-state index < -0.39 is 17.6 Å². The maximum absolute atomic E-state index is 13.1. The lowest BCUT2D eigenvalue weighted by molar-refractivity contribution is -0.137. The summed E-state index contributed by atoms with van der Waals surface area (Å²) >= 11 is 0. The van der Waals surface area contributed by atoms with Gasteiger partial charge in [-0.1, -0.05) is 6.92 Å². The Morgan fingerprint density at radius 1 is 1.33 bits per heavy atom. The van der Waals surface area contributed by atoms with Crippen LogP contribution in [0.25, 0.3) is 0 Å². The number of carboxylic acids is 1. The molecule has 0 saturated carbocycles. The van der Waals surface area contributed by atoms with E-state index in [9.17, 15) is 13.6 Å². The van der Waals surface area contributed by atoms with Crippen molar-refractivity contribution in [1.29, 1.82) is 0 Å². The number of hydrogen-bond acceptors (Lipinski definition) is 2. The highest BCUT2D eigenvalue weighted by molar-refractivity contribution is 5.66. The summed E-state index contributed by atoms with van der Waals surface area (Å²) in [5.74, 6) is -2.12. The number of aliphatic carboxylic acids is 1. The third kappa shape index (κ3) is 4.07. The lowest BCUT2D eigenvalue weighted by Crippen LogP contribution is -2.29. The first-order valence-electron chi connectivity index (χ1n) is 5.86. The molecule has 1 atom stereocenters. The van der Waals surface area contributed by atoms with E-state index in [1.807, 2.05) is 11.8 Å². The molecule has 1 aromatic carbocycles. The molecule has 0 radical (unpaired) electrons. The van der Waals surface area contributed by atoms with Gasteiger partial charge in [0.25, 0.3) is 0 Å². The fourth-order valence-electron chi connectivity index (χ4n) is 1.89. The van der Waals surface area contributed by atoms with Gasteiger partial charge in [0, 0.05) is 18.7 Å². The molecule has 100 valence electrons. The van der Waals surface area contributed by atoms with Gasteiger partial charge in [0.15, 0.2) is 0 Å². The molecule has 0 aromatic heterocycles. The predicted octanol–water partition coefficient (Wildman–Crippen LogP) is 2.82. The molecule has 0 bridgehead atoms. The van der Waals surface area contributed by atoms with Gasteiger partial charge in [0.05, 0.1) is 6.42 Å². The Balaban J connectivity index is 2.81. The summed E-state index contributed by atoms with van der Waals surface area (Å²) in [6.07, 6.45) is 0.00990. The first-order valence-corrected chi connectivity index (χ1v) is 5.86. The molecule has 18 heavy (non-hydrogen) atoms. The molecule has 0 fully saturated rings. The standard InChI is InChI=1S/C13H17F2NO2/c1-3-16(5-4-13(17)18)9(2)10-6-11(14)8-12(15)7-10/h6-9H,3-5H2,1-2H3,(H,17,18). The fourth-order valence-corrected chi connectivity index (χ4v) is 1.89. The first kappa shape index (κ1) is 14.6. The van der Waals surface area contributed by atoms with Crippen LogP contribution in [0.2, 0.25) is 0 Å². The minimum atomic E-state index is -0.883. The topological polar surface area (TPSA) is 40.5 Å². The Bertz CT molecular complexity index is 403. The molecule has 0 heterocycles. The number of rotatable bonds is 6. The summed E-state index contributed by atoms with van der Waals surface area (Å²) in [7, 11) is 0. The van der Waals surface area contributed by atoms with Crippen molar-refractivity contribution >= 4 is 5.97 Å². The smallest absolute Gasteiger partial charge is 0.304 e. The van der Waals surface area contributed by atoms with Gasteiger partial charge < -0.3 is 5.11 Å². The highest BCUT2D eigenvalue weighted by Crippen LogP contribution is 2.22. The SMILES string of the molecule is CCN(CCC(=O)O)C(C)c1cc(F)cc(F)c1. The minimum absolute atomic E-state index is 0.00990. The number of hydrogen-bond donors (Lipinski definition) is 1. The van der Waals surface area contributed by atoms with Crippen LogP contribution in [-0.4, -0.2) is 29.1 Å². The van der Waals surface area contributed by atoms with Crippen molar-refractivity contribution in [3.8, 4) is 0 Å². The number of nitrogens with zero attached hydrogens (tertiary/aromatic N) is 1. The van der Waals surface area contributed by atoms with Gasteiger partial charge in [-0.05, 0) is 31.2 Å². The number of benzene rings is 1. The average molecular weight is 257 g/mol. The van der Waals surface area contributed by atoms with E-state index in [0.29, 0.717) is 18.7 Å². The van der Waals surface area contributed by atoms with Crippen LogP contribution in [0.3, 0.4) is 0 Å².